The summed E-state index contributed by atoms with van der Waals surface area (Å²) in [6.45, 7) is 5.85. The maximum atomic E-state index is 12.0. The molecule has 0 aliphatic carbocycles. The molecule has 1 aromatic heterocycles. The molecule has 9 nitrogen and oxygen atoms in total. The van der Waals surface area contributed by atoms with E-state index in [0.717, 1.165) is 31.0 Å². The molecule has 2 fully saturated rings. The number of carbonyl (C=O) groups excluding carboxylic acids is 1. The molecule has 9 heteroatoms. The third-order valence-electron chi connectivity index (χ3n) is 5.92. The number of likely N-dealkylation sites (N-methyl/N-ethyl adjacent to an activating group) is 1. The predicted molar refractivity (Wildman–Crippen MR) is 124 cm³/mol. The van der Waals surface area contributed by atoms with Crippen molar-refractivity contribution in [3.05, 3.63) is 30.5 Å². The maximum absolute atomic E-state index is 12.0. The van der Waals surface area contributed by atoms with Crippen molar-refractivity contribution in [2.24, 2.45) is 0 Å². The van der Waals surface area contributed by atoms with Crippen molar-refractivity contribution in [2.75, 3.05) is 70.2 Å². The summed E-state index contributed by atoms with van der Waals surface area (Å²) in [6, 6.07) is 7.52. The van der Waals surface area contributed by atoms with Gasteiger partial charge in [0, 0.05) is 44.6 Å². The smallest absolute Gasteiger partial charge is 0.241 e. The van der Waals surface area contributed by atoms with Gasteiger partial charge in [0.2, 0.25) is 11.9 Å². The minimum Gasteiger partial charge on any atom is -0.493 e. The Morgan fingerprint density at radius 1 is 1.09 bits per heavy atom. The van der Waals surface area contributed by atoms with Crippen LogP contribution in [0.25, 0.3) is 0 Å². The van der Waals surface area contributed by atoms with E-state index in [1.54, 1.807) is 18.2 Å². The first-order valence-electron chi connectivity index (χ1n) is 11.2. The molecule has 2 saturated heterocycles. The monoisotopic (exact) mass is 440 g/mol. The van der Waals surface area contributed by atoms with Gasteiger partial charge in [-0.25, -0.2) is 4.98 Å². The number of piperazine rings is 1. The molecule has 1 N–H and O–H groups in total. The highest BCUT2D eigenvalue weighted by Crippen LogP contribution is 2.31. The topological polar surface area (TPSA) is 83.1 Å². The van der Waals surface area contributed by atoms with E-state index < -0.39 is 0 Å². The molecule has 3 heterocycles. The predicted octanol–water partition coefficient (Wildman–Crippen LogP) is 2.37. The van der Waals surface area contributed by atoms with Gasteiger partial charge >= 0.3 is 0 Å². The summed E-state index contributed by atoms with van der Waals surface area (Å²) in [6.07, 6.45) is 5.29. The first kappa shape index (κ1) is 22.1. The second-order valence-corrected chi connectivity index (χ2v) is 8.22. The molecule has 1 aromatic carbocycles. The number of rotatable bonds is 9. The van der Waals surface area contributed by atoms with Crippen LogP contribution in [0.1, 0.15) is 19.3 Å². The van der Waals surface area contributed by atoms with Gasteiger partial charge in [-0.15, -0.1) is 0 Å². The van der Waals surface area contributed by atoms with E-state index in [2.05, 4.69) is 20.2 Å². The van der Waals surface area contributed by atoms with Gasteiger partial charge in [-0.2, -0.15) is 4.98 Å². The van der Waals surface area contributed by atoms with Crippen molar-refractivity contribution < 1.29 is 14.3 Å². The van der Waals surface area contributed by atoms with Gasteiger partial charge in [-0.1, -0.05) is 0 Å². The van der Waals surface area contributed by atoms with E-state index in [1.165, 1.54) is 25.9 Å². The van der Waals surface area contributed by atoms with Gasteiger partial charge in [0.25, 0.3) is 0 Å². The number of hydrogen-bond donors (Lipinski definition) is 1. The number of carbonyl (C=O) groups is 1. The van der Waals surface area contributed by atoms with Crippen molar-refractivity contribution in [2.45, 2.75) is 19.3 Å². The third-order valence-corrected chi connectivity index (χ3v) is 5.92. The summed E-state index contributed by atoms with van der Waals surface area (Å²) in [7, 11) is 3.46. The number of anilines is 3. The zero-order chi connectivity index (χ0) is 22.3. The number of amides is 1. The molecule has 2 aliphatic rings. The molecule has 4 rings (SSSR count). The van der Waals surface area contributed by atoms with Crippen molar-refractivity contribution in [3.8, 4) is 11.5 Å². The molecular weight excluding hydrogens is 408 g/mol. The van der Waals surface area contributed by atoms with Crippen LogP contribution in [0.15, 0.2) is 30.5 Å². The van der Waals surface area contributed by atoms with Crippen molar-refractivity contribution in [1.82, 2.24) is 19.8 Å². The van der Waals surface area contributed by atoms with E-state index >= 15 is 0 Å². The van der Waals surface area contributed by atoms with Crippen LogP contribution < -0.4 is 19.7 Å². The largest absolute Gasteiger partial charge is 0.493 e. The van der Waals surface area contributed by atoms with Gasteiger partial charge < -0.3 is 29.5 Å². The van der Waals surface area contributed by atoms with Crippen molar-refractivity contribution in [1.29, 1.82) is 0 Å². The molecule has 0 saturated carbocycles. The highest BCUT2D eigenvalue weighted by atomic mass is 16.5. The quantitative estimate of drug-likeness (QED) is 0.595. The van der Waals surface area contributed by atoms with Crippen LogP contribution in [0.2, 0.25) is 0 Å². The van der Waals surface area contributed by atoms with Gasteiger partial charge in [0.1, 0.15) is 5.82 Å². The van der Waals surface area contributed by atoms with Crippen LogP contribution in [-0.4, -0.2) is 85.7 Å². The molecule has 0 bridgehead atoms. The number of nitrogens with zero attached hydrogens (tertiary/aromatic N) is 5. The van der Waals surface area contributed by atoms with Gasteiger partial charge in [0.05, 0.1) is 20.3 Å². The van der Waals surface area contributed by atoms with Crippen LogP contribution >= 0.6 is 0 Å². The van der Waals surface area contributed by atoms with Crippen molar-refractivity contribution >= 4 is 23.4 Å². The summed E-state index contributed by atoms with van der Waals surface area (Å²) >= 11 is 0. The number of ether oxygens (including phenoxy) is 2. The minimum atomic E-state index is 0.0889. The number of methoxy groups -OCH3 is 1. The second kappa shape index (κ2) is 10.5. The molecule has 32 heavy (non-hydrogen) atoms. The third kappa shape index (κ3) is 5.59. The number of hydrogen-bond acceptors (Lipinski definition) is 8. The Morgan fingerprint density at radius 2 is 1.94 bits per heavy atom. The Labute approximate surface area is 189 Å². The van der Waals surface area contributed by atoms with E-state index in [9.17, 15) is 4.79 Å². The summed E-state index contributed by atoms with van der Waals surface area (Å²) in [5, 5.41) is 3.24. The first-order chi connectivity index (χ1) is 15.6. The highest BCUT2D eigenvalue weighted by molar-refractivity contribution is 5.82. The van der Waals surface area contributed by atoms with Crippen molar-refractivity contribution in [3.63, 3.8) is 0 Å². The Hall–Kier alpha value is -3.07. The average Bonchev–Trinajstić information content (AvgIpc) is 3.32. The van der Waals surface area contributed by atoms with Crippen LogP contribution in [-0.2, 0) is 4.79 Å². The molecule has 0 atom stereocenters. The summed E-state index contributed by atoms with van der Waals surface area (Å²) < 4.78 is 11.5. The second-order valence-electron chi connectivity index (χ2n) is 8.22. The Balaban J connectivity index is 1.38. The lowest BCUT2D eigenvalue weighted by Crippen LogP contribution is -2.48. The fraction of sp³-hybridized carbons (Fsp3) is 0.522. The van der Waals surface area contributed by atoms with E-state index in [-0.39, 0.29) is 5.91 Å². The summed E-state index contributed by atoms with van der Waals surface area (Å²) in [5.41, 5.74) is 0.812. The van der Waals surface area contributed by atoms with E-state index in [1.807, 2.05) is 36.2 Å². The standard InChI is InChI=1S/C23H32N6O3/c1-27-13-14-29(17-22(27)30)21-8-9-24-23(26-21)25-18-6-7-19(31-2)20(16-18)32-15-5-12-28-10-3-4-11-28/h6-9,16H,3-5,10-15,17H2,1-2H3,(H,24,25,26). The molecular formula is C23H32N6O3. The van der Waals surface area contributed by atoms with Crippen LogP contribution in [0.5, 0.6) is 11.5 Å². The van der Waals surface area contributed by atoms with Gasteiger partial charge in [0.15, 0.2) is 11.5 Å². The summed E-state index contributed by atoms with van der Waals surface area (Å²) in [5.74, 6) is 2.68. The molecule has 0 radical (unpaired) electrons. The lowest BCUT2D eigenvalue weighted by atomic mass is 10.2. The Bertz CT molecular complexity index is 918. The van der Waals surface area contributed by atoms with Crippen LogP contribution in [0, 0.1) is 0 Å². The maximum Gasteiger partial charge on any atom is 0.241 e. The van der Waals surface area contributed by atoms with Gasteiger partial charge in [-0.05, 0) is 50.6 Å². The normalized spacial score (nSPS) is 17.0. The molecule has 2 aromatic rings. The molecule has 1 amide bonds. The lowest BCUT2D eigenvalue weighted by molar-refractivity contribution is -0.129. The first-order valence-corrected chi connectivity index (χ1v) is 11.2. The van der Waals surface area contributed by atoms with Gasteiger partial charge in [-0.3, -0.25) is 4.79 Å². The van der Waals surface area contributed by atoms with E-state index in [4.69, 9.17) is 9.47 Å². The fourth-order valence-electron chi connectivity index (χ4n) is 4.01. The van der Waals surface area contributed by atoms with Crippen LogP contribution in [0.4, 0.5) is 17.5 Å². The number of aromatic nitrogens is 2. The lowest BCUT2D eigenvalue weighted by Gasteiger charge is -2.32. The summed E-state index contributed by atoms with van der Waals surface area (Å²) in [4.78, 5) is 27.2. The van der Waals surface area contributed by atoms with E-state index in [0.29, 0.717) is 37.1 Å². The SMILES string of the molecule is COc1ccc(Nc2nccc(N3CCN(C)C(=O)C3)n2)cc1OCCCN1CCCC1. The zero-order valence-corrected chi connectivity index (χ0v) is 18.9. The molecule has 0 unspecified atom stereocenters. The molecule has 2 aliphatic heterocycles. The zero-order valence-electron chi connectivity index (χ0n) is 18.9. The highest BCUT2D eigenvalue weighted by Gasteiger charge is 2.22. The fourth-order valence-corrected chi connectivity index (χ4v) is 4.01. The number of benzene rings is 1. The Morgan fingerprint density at radius 3 is 2.72 bits per heavy atom. The number of nitrogens with one attached hydrogen (secondary N) is 1. The average molecular weight is 441 g/mol. The molecule has 172 valence electrons. The Kier molecular flexibility index (Phi) is 7.26. The number of likely N-dealkylation sites (tertiary alicyclic amines) is 1. The van der Waals surface area contributed by atoms with Crippen LogP contribution in [0.3, 0.4) is 0 Å². The molecule has 0 spiro atoms. The minimum absolute atomic E-state index is 0.0889.